The van der Waals surface area contributed by atoms with E-state index >= 15 is 0 Å². The Hall–Kier alpha value is -10.8. The van der Waals surface area contributed by atoms with Gasteiger partial charge in [-0.25, -0.2) is 4.79 Å². The normalized spacial score (nSPS) is 20.1. The Bertz CT molecular complexity index is 4000. The Morgan fingerprint density at radius 3 is 1.78 bits per heavy atom. The van der Waals surface area contributed by atoms with E-state index in [1.165, 1.54) is 25.7 Å². The molecule has 2 unspecified atom stereocenters. The maximum atomic E-state index is 14.7. The molecule has 24 N–H and O–H groups in total. The molecule has 12 amide bonds. The zero-order valence-corrected chi connectivity index (χ0v) is 62.1. The summed E-state index contributed by atoms with van der Waals surface area (Å²) in [5, 5.41) is 57.3. The van der Waals surface area contributed by atoms with Gasteiger partial charge >= 0.3 is 6.09 Å². The van der Waals surface area contributed by atoms with Crippen LogP contribution in [0.5, 0.6) is 0 Å². The predicted octanol–water partition coefficient (Wildman–Crippen LogP) is -3.74. The number of nitrogens with one attached hydrogen (secondary N) is 12. The predicted molar refractivity (Wildman–Crippen MR) is 402 cm³/mol. The molecular formula is C72H100N20O16S. The molecular weight excluding hydrogens is 1430 g/mol. The number of nitrogens with two attached hydrogens (primary N) is 5. The van der Waals surface area contributed by atoms with Gasteiger partial charge in [-0.1, -0.05) is 74.1 Å². The van der Waals surface area contributed by atoms with Gasteiger partial charge in [0.15, 0.2) is 6.61 Å². The van der Waals surface area contributed by atoms with Crippen molar-refractivity contribution < 1.29 is 77.3 Å². The van der Waals surface area contributed by atoms with Crippen molar-refractivity contribution in [1.29, 1.82) is 0 Å². The van der Waals surface area contributed by atoms with Crippen molar-refractivity contribution in [3.05, 3.63) is 120 Å². The van der Waals surface area contributed by atoms with E-state index in [9.17, 15) is 72.5 Å². The number of nitrogens with zero attached hydrogens (tertiary/aromatic N) is 3. The van der Waals surface area contributed by atoms with Gasteiger partial charge in [-0.15, -0.1) is 0 Å². The van der Waals surface area contributed by atoms with E-state index in [-0.39, 0.29) is 95.2 Å². The summed E-state index contributed by atoms with van der Waals surface area (Å²) in [5.41, 5.74) is 31.7. The number of carbonyl (C=O) groups excluding carboxylic acids is 13. The van der Waals surface area contributed by atoms with Gasteiger partial charge in [0, 0.05) is 41.4 Å². The zero-order chi connectivity index (χ0) is 79.9. The minimum Gasteiger partial charge on any atom is -0.438 e. The highest BCUT2D eigenvalue weighted by Gasteiger charge is 2.38. The molecule has 109 heavy (non-hydrogen) atoms. The highest BCUT2D eigenvalue weighted by atomic mass is 32.2. The van der Waals surface area contributed by atoms with Crippen molar-refractivity contribution in [2.75, 3.05) is 52.9 Å². The number of aliphatic hydroxyl groups is 2. The fourth-order valence-corrected chi connectivity index (χ4v) is 12.4. The molecule has 0 bridgehead atoms. The summed E-state index contributed by atoms with van der Waals surface area (Å²) < 4.78 is 6.38. The van der Waals surface area contributed by atoms with Gasteiger partial charge in [-0.2, -0.15) is 9.78 Å². The molecule has 37 heteroatoms. The second-order valence-corrected chi connectivity index (χ2v) is 27.2. The lowest BCUT2D eigenvalue weighted by Crippen LogP contribution is -2.62. The van der Waals surface area contributed by atoms with Crippen LogP contribution >= 0.6 is 11.8 Å². The molecule has 36 nitrogen and oxygen atoms in total. The first kappa shape index (κ1) is 87.1. The molecule has 0 saturated carbocycles. The average Bonchev–Trinajstić information content (AvgIpc) is 1.63. The van der Waals surface area contributed by atoms with Gasteiger partial charge < -0.3 is 107 Å². The molecule has 590 valence electrons. The SMILES string of the molecule is CNC(=O)c1ccccc1Sc1ccc2c(/C=C/c3ccccn3)n(C(=O)OCC(=O)N[C@H](CCN)C(=O)N[C@H](C(=O)N[C@H](CCN)C(=O)N[C@@H]3CCNC(=O)[C@H](C(C)O)NC(=O)[C@H](CCN)NC(=O)C(CCN)NC(=O)[C@H](CC(C)C)NC(=O)[C@H](Cc4ccccc4)NC(=O)[C@H](CCN)NC3=O)[C@H](C)O)nc2c1. The zero-order valence-electron chi connectivity index (χ0n) is 61.3. The van der Waals surface area contributed by atoms with E-state index in [0.29, 0.717) is 37.5 Å². The van der Waals surface area contributed by atoms with Crippen LogP contribution in [-0.4, -0.2) is 228 Å². The standard InChI is InChI=1S/C72H100N20O16S/c1-39(2)35-54-68(103)84-48(23-29-74)62(97)83-51(26-32-77)67(102)89-59(40(3)93)70(105)80-34-27-52(65(100)82-49(24-30-75)64(99)88-55(69(104)87-54)36-42-13-7-6-8-14-42)85-63(98)50(25-31-76)86-71(106)60(41(4)94)90-66(101)47(22-28-73)81-58(95)38-108-72(107)92-56(21-18-43-15-11-12-33-79-43)45-20-19-44(37-53(45)91-92)109-57-17-10-9-16-46(57)61(96)78-5/h6-21,33,37,39-41,47-52,54-55,59-60,93-94H,22-32,34-36,38,73-77H2,1-5H3,(H,78,96)(H,80,105)(H,81,95)(H,82,100)(H,83,97)(H,84,103)(H,85,98)(H,86,106)(H,87,104)(H,88,99)(H,89,102)(H,90,101)/b21-18+/t40?,41-,47+,48?,49-,50+,51-,52+,54-,55-,59-,60-/m0/s1. The van der Waals surface area contributed by atoms with E-state index < -0.39 is 163 Å². The molecule has 3 heterocycles. The van der Waals surface area contributed by atoms with Crippen LogP contribution in [0, 0.1) is 5.92 Å². The molecule has 1 aliphatic heterocycles. The third-order valence-corrected chi connectivity index (χ3v) is 18.1. The largest absolute Gasteiger partial charge is 0.438 e. The first-order valence-corrected chi connectivity index (χ1v) is 36.4. The second-order valence-electron chi connectivity index (χ2n) is 26.1. The van der Waals surface area contributed by atoms with Gasteiger partial charge in [0.05, 0.1) is 34.7 Å². The van der Waals surface area contributed by atoms with Crippen LogP contribution in [0.2, 0.25) is 0 Å². The van der Waals surface area contributed by atoms with Crippen LogP contribution in [0.1, 0.15) is 99.9 Å². The fourth-order valence-electron chi connectivity index (χ4n) is 11.4. The van der Waals surface area contributed by atoms with E-state index in [2.05, 4.69) is 73.9 Å². The number of ether oxygens (including phenoxy) is 1. The van der Waals surface area contributed by atoms with Gasteiger partial charge in [0.1, 0.15) is 60.4 Å². The second kappa shape index (κ2) is 43.9. The van der Waals surface area contributed by atoms with E-state index in [1.54, 1.807) is 123 Å². The van der Waals surface area contributed by atoms with Crippen molar-refractivity contribution in [2.45, 2.75) is 161 Å². The molecule has 1 fully saturated rings. The maximum absolute atomic E-state index is 14.7. The van der Waals surface area contributed by atoms with E-state index in [4.69, 9.17) is 33.4 Å². The molecule has 3 aromatic carbocycles. The van der Waals surface area contributed by atoms with Crippen LogP contribution in [0.25, 0.3) is 23.1 Å². The van der Waals surface area contributed by atoms with Crippen molar-refractivity contribution in [3.8, 4) is 0 Å². The van der Waals surface area contributed by atoms with Crippen LogP contribution in [-0.2, 0) is 63.9 Å². The number of fused-ring (bicyclic) bond motifs is 1. The Morgan fingerprint density at radius 2 is 1.19 bits per heavy atom. The van der Waals surface area contributed by atoms with Gasteiger partial charge in [-0.05, 0) is 158 Å². The van der Waals surface area contributed by atoms with Gasteiger partial charge in [0.2, 0.25) is 59.1 Å². The number of pyridine rings is 1. The molecule has 12 atom stereocenters. The molecule has 5 aromatic rings. The molecule has 1 saturated heterocycles. The Morgan fingerprint density at radius 1 is 0.624 bits per heavy atom. The summed E-state index contributed by atoms with van der Waals surface area (Å²) in [6.07, 6.45) is -1.59. The Labute approximate surface area is 633 Å². The van der Waals surface area contributed by atoms with Crippen LogP contribution in [0.15, 0.2) is 107 Å². The maximum Gasteiger partial charge on any atom is 0.435 e. The number of amides is 12. The summed E-state index contributed by atoms with van der Waals surface area (Å²) in [5.74, 6) is -11.5. The lowest BCUT2D eigenvalue weighted by Gasteiger charge is -2.29. The molecule has 0 aliphatic carbocycles. The van der Waals surface area contributed by atoms with Crippen LogP contribution in [0.3, 0.4) is 0 Å². The third kappa shape index (κ3) is 26.5. The average molecular weight is 1530 g/mol. The van der Waals surface area contributed by atoms with E-state index in [1.807, 2.05) is 0 Å². The number of benzene rings is 3. The fraction of sp³-hybridized carbons (Fsp3) is 0.458. The number of hydrogen-bond acceptors (Lipinski definition) is 24. The lowest BCUT2D eigenvalue weighted by molar-refractivity contribution is -0.137. The smallest absolute Gasteiger partial charge is 0.435 e. The monoisotopic (exact) mass is 1530 g/mol. The summed E-state index contributed by atoms with van der Waals surface area (Å²) in [4.78, 5) is 189. The van der Waals surface area contributed by atoms with Gasteiger partial charge in [0.25, 0.3) is 11.8 Å². The third-order valence-electron chi connectivity index (χ3n) is 17.1. The topological polar surface area (TPSA) is 577 Å². The summed E-state index contributed by atoms with van der Waals surface area (Å²) in [7, 11) is 1.52. The molecule has 0 radical (unpaired) electrons. The molecule has 6 rings (SSSR count). The van der Waals surface area contributed by atoms with Crippen molar-refractivity contribution in [1.82, 2.24) is 78.6 Å². The quantitative estimate of drug-likeness (QED) is 0.0210. The number of hydrogen-bond donors (Lipinski definition) is 19. The van der Waals surface area contributed by atoms with Crippen LogP contribution in [0.4, 0.5) is 4.79 Å². The Kier molecular flexibility index (Phi) is 35.1. The highest BCUT2D eigenvalue weighted by molar-refractivity contribution is 7.99. The number of rotatable bonds is 30. The number of aliphatic hydroxyl groups excluding tert-OH is 2. The lowest BCUT2D eigenvalue weighted by atomic mass is 10.00. The summed E-state index contributed by atoms with van der Waals surface area (Å²) in [6.45, 7) is 3.27. The number of carbonyl (C=O) groups is 13. The van der Waals surface area contributed by atoms with Crippen LogP contribution < -0.4 is 92.5 Å². The minimum atomic E-state index is -1.88. The van der Waals surface area contributed by atoms with Gasteiger partial charge in [-0.3, -0.25) is 62.5 Å². The first-order chi connectivity index (χ1) is 52.1. The first-order valence-electron chi connectivity index (χ1n) is 35.6. The number of aromatic nitrogens is 3. The van der Waals surface area contributed by atoms with Crippen molar-refractivity contribution in [2.24, 2.45) is 34.6 Å². The summed E-state index contributed by atoms with van der Waals surface area (Å²) >= 11 is 1.29. The highest BCUT2D eigenvalue weighted by Crippen LogP contribution is 2.34. The van der Waals surface area contributed by atoms with Crippen molar-refractivity contribution in [3.63, 3.8) is 0 Å². The molecule has 2 aromatic heterocycles. The van der Waals surface area contributed by atoms with Crippen molar-refractivity contribution >= 4 is 112 Å². The molecule has 1 aliphatic rings. The minimum absolute atomic E-state index is 0.0158. The summed E-state index contributed by atoms with van der Waals surface area (Å²) in [6, 6.07) is 10.1. The Balaban J connectivity index is 1.23. The molecule has 0 spiro atoms. The van der Waals surface area contributed by atoms with E-state index in [0.717, 1.165) is 11.6 Å².